The molecular formula is C13H21NOS. The third-order valence-corrected chi connectivity index (χ3v) is 2.99. The van der Waals surface area contributed by atoms with Gasteiger partial charge in [0.25, 0.3) is 0 Å². The van der Waals surface area contributed by atoms with Gasteiger partial charge in [0, 0.05) is 23.4 Å². The van der Waals surface area contributed by atoms with E-state index in [1.165, 1.54) is 11.1 Å². The first kappa shape index (κ1) is 13.4. The van der Waals surface area contributed by atoms with Crippen molar-refractivity contribution in [3.63, 3.8) is 0 Å². The molecule has 90 valence electrons. The second-order valence-corrected chi connectivity index (χ2v) is 4.99. The summed E-state index contributed by atoms with van der Waals surface area (Å²) >= 11 is 4.17. The van der Waals surface area contributed by atoms with Crippen molar-refractivity contribution in [2.45, 2.75) is 26.2 Å². The fourth-order valence-electron chi connectivity index (χ4n) is 1.81. The van der Waals surface area contributed by atoms with Gasteiger partial charge in [-0.05, 0) is 13.0 Å². The van der Waals surface area contributed by atoms with Gasteiger partial charge in [0.1, 0.15) is 5.75 Å². The molecule has 0 bridgehead atoms. The fourth-order valence-corrected chi connectivity index (χ4v) is 1.93. The Labute approximate surface area is 104 Å². The van der Waals surface area contributed by atoms with Crippen LogP contribution in [0.25, 0.3) is 0 Å². The third-order valence-electron chi connectivity index (χ3n) is 2.76. The maximum Gasteiger partial charge on any atom is 0.122 e. The molecule has 0 aliphatic heterocycles. The summed E-state index contributed by atoms with van der Waals surface area (Å²) in [6, 6.07) is 6.30. The van der Waals surface area contributed by atoms with Gasteiger partial charge < -0.3 is 10.1 Å². The van der Waals surface area contributed by atoms with Crippen molar-refractivity contribution >= 4 is 12.6 Å². The minimum Gasteiger partial charge on any atom is -0.496 e. The Hall–Kier alpha value is -0.670. The molecule has 16 heavy (non-hydrogen) atoms. The number of thiol groups is 1. The Balaban J connectivity index is 3.04. The molecule has 0 fully saturated rings. The summed E-state index contributed by atoms with van der Waals surface area (Å²) < 4.78 is 5.42. The van der Waals surface area contributed by atoms with Crippen molar-refractivity contribution in [1.29, 1.82) is 0 Å². The van der Waals surface area contributed by atoms with Crippen molar-refractivity contribution in [3.8, 4) is 5.75 Å². The number of hydrogen-bond donors (Lipinski definition) is 2. The molecule has 3 heteroatoms. The van der Waals surface area contributed by atoms with E-state index in [-0.39, 0.29) is 5.41 Å². The molecule has 0 aliphatic carbocycles. The van der Waals surface area contributed by atoms with Crippen LogP contribution in [0, 0.1) is 6.92 Å². The van der Waals surface area contributed by atoms with Crippen molar-refractivity contribution in [2.24, 2.45) is 0 Å². The summed E-state index contributed by atoms with van der Waals surface area (Å²) in [6.07, 6.45) is 0. The number of rotatable bonds is 5. The summed E-state index contributed by atoms with van der Waals surface area (Å²) in [5.74, 6) is 1.65. The molecule has 0 aromatic heterocycles. The van der Waals surface area contributed by atoms with Crippen molar-refractivity contribution < 1.29 is 4.74 Å². The molecule has 1 rings (SSSR count). The van der Waals surface area contributed by atoms with Gasteiger partial charge in [0.05, 0.1) is 7.11 Å². The Morgan fingerprint density at radius 1 is 1.38 bits per heavy atom. The molecule has 1 aromatic carbocycles. The molecule has 1 N–H and O–H groups in total. The number of hydrogen-bond acceptors (Lipinski definition) is 3. The smallest absolute Gasteiger partial charge is 0.122 e. The van der Waals surface area contributed by atoms with Gasteiger partial charge in [0.2, 0.25) is 0 Å². The normalized spacial score (nSPS) is 11.6. The average molecular weight is 239 g/mol. The Morgan fingerprint density at radius 3 is 2.62 bits per heavy atom. The van der Waals surface area contributed by atoms with Crippen LogP contribution in [-0.2, 0) is 5.41 Å². The average Bonchev–Trinajstić information content (AvgIpc) is 2.26. The first-order chi connectivity index (χ1) is 7.51. The second kappa shape index (κ2) is 5.60. The van der Waals surface area contributed by atoms with Gasteiger partial charge in [-0.25, -0.2) is 0 Å². The van der Waals surface area contributed by atoms with E-state index in [1.807, 2.05) is 6.07 Å². The maximum atomic E-state index is 5.42. The minimum absolute atomic E-state index is 0.0418. The van der Waals surface area contributed by atoms with Gasteiger partial charge in [-0.15, -0.1) is 0 Å². The number of methoxy groups -OCH3 is 1. The summed E-state index contributed by atoms with van der Waals surface area (Å²) in [5.41, 5.74) is 2.54. The van der Waals surface area contributed by atoms with Crippen LogP contribution < -0.4 is 10.1 Å². The van der Waals surface area contributed by atoms with E-state index in [1.54, 1.807) is 7.11 Å². The van der Waals surface area contributed by atoms with E-state index in [4.69, 9.17) is 4.74 Å². The van der Waals surface area contributed by atoms with E-state index >= 15 is 0 Å². The summed E-state index contributed by atoms with van der Waals surface area (Å²) in [7, 11) is 1.72. The monoisotopic (exact) mass is 239 g/mol. The van der Waals surface area contributed by atoms with Crippen LogP contribution in [0.15, 0.2) is 18.2 Å². The molecule has 0 atom stereocenters. The predicted octanol–water partition coefficient (Wildman–Crippen LogP) is 2.76. The van der Waals surface area contributed by atoms with Crippen LogP contribution in [0.5, 0.6) is 5.75 Å². The van der Waals surface area contributed by atoms with E-state index in [2.05, 4.69) is 50.8 Å². The van der Waals surface area contributed by atoms with E-state index in [0.717, 1.165) is 12.3 Å². The van der Waals surface area contributed by atoms with Gasteiger partial charge >= 0.3 is 0 Å². The highest BCUT2D eigenvalue weighted by Gasteiger charge is 2.23. The zero-order valence-corrected chi connectivity index (χ0v) is 11.4. The van der Waals surface area contributed by atoms with E-state index in [0.29, 0.717) is 5.88 Å². The fraction of sp³-hybridized carbons (Fsp3) is 0.538. The predicted molar refractivity (Wildman–Crippen MR) is 72.6 cm³/mol. The highest BCUT2D eigenvalue weighted by molar-refractivity contribution is 7.80. The van der Waals surface area contributed by atoms with Gasteiger partial charge in [-0.1, -0.05) is 31.5 Å². The van der Waals surface area contributed by atoms with Crippen LogP contribution in [0.1, 0.15) is 25.0 Å². The van der Waals surface area contributed by atoms with E-state index in [9.17, 15) is 0 Å². The highest BCUT2D eigenvalue weighted by atomic mass is 32.1. The van der Waals surface area contributed by atoms with Crippen LogP contribution >= 0.6 is 12.6 Å². The lowest BCUT2D eigenvalue weighted by Gasteiger charge is -2.27. The Kier molecular flexibility index (Phi) is 4.69. The molecule has 0 saturated carbocycles. The largest absolute Gasteiger partial charge is 0.496 e. The third kappa shape index (κ3) is 3.16. The molecule has 0 saturated heterocycles. The van der Waals surface area contributed by atoms with Crippen molar-refractivity contribution in [2.75, 3.05) is 19.5 Å². The lowest BCUT2D eigenvalue weighted by molar-refractivity contribution is 0.388. The van der Waals surface area contributed by atoms with Gasteiger partial charge in [0.15, 0.2) is 0 Å². The highest BCUT2D eigenvalue weighted by Crippen LogP contribution is 2.31. The molecule has 0 aliphatic rings. The zero-order chi connectivity index (χ0) is 12.2. The molecule has 0 spiro atoms. The summed E-state index contributed by atoms with van der Waals surface area (Å²) in [4.78, 5) is 0. The number of aryl methyl sites for hydroxylation is 1. The van der Waals surface area contributed by atoms with E-state index < -0.39 is 0 Å². The van der Waals surface area contributed by atoms with Gasteiger partial charge in [-0.3, -0.25) is 0 Å². The van der Waals surface area contributed by atoms with Crippen LogP contribution in [0.4, 0.5) is 0 Å². The Morgan fingerprint density at radius 2 is 2.06 bits per heavy atom. The SMILES string of the molecule is COc1ccc(C)cc1C(C)(C)CNCS. The Bertz CT molecular complexity index is 350. The number of ether oxygens (including phenoxy) is 1. The van der Waals surface area contributed by atoms with Gasteiger partial charge in [-0.2, -0.15) is 12.6 Å². The number of benzene rings is 1. The standard InChI is InChI=1S/C13H21NOS/c1-10-5-6-12(15-4)11(7-10)13(2,3)8-14-9-16/h5-7,14,16H,8-9H2,1-4H3. The summed E-state index contributed by atoms with van der Waals surface area (Å²) in [6.45, 7) is 7.41. The second-order valence-electron chi connectivity index (χ2n) is 4.67. The molecule has 0 heterocycles. The van der Waals surface area contributed by atoms with Crippen molar-refractivity contribution in [3.05, 3.63) is 29.3 Å². The zero-order valence-electron chi connectivity index (χ0n) is 10.5. The summed E-state index contributed by atoms with van der Waals surface area (Å²) in [5, 5.41) is 3.27. The molecule has 2 nitrogen and oxygen atoms in total. The molecular weight excluding hydrogens is 218 g/mol. The topological polar surface area (TPSA) is 21.3 Å². The molecule has 1 aromatic rings. The van der Waals surface area contributed by atoms with Crippen LogP contribution in [0.3, 0.4) is 0 Å². The molecule has 0 unspecified atom stereocenters. The lowest BCUT2D eigenvalue weighted by Crippen LogP contribution is -2.32. The number of nitrogens with one attached hydrogen (secondary N) is 1. The first-order valence-corrected chi connectivity index (χ1v) is 6.11. The maximum absolute atomic E-state index is 5.42. The first-order valence-electron chi connectivity index (χ1n) is 5.48. The molecule has 0 radical (unpaired) electrons. The minimum atomic E-state index is 0.0418. The van der Waals surface area contributed by atoms with Crippen LogP contribution in [0.2, 0.25) is 0 Å². The van der Waals surface area contributed by atoms with Crippen molar-refractivity contribution in [1.82, 2.24) is 5.32 Å². The van der Waals surface area contributed by atoms with Crippen LogP contribution in [-0.4, -0.2) is 19.5 Å². The lowest BCUT2D eigenvalue weighted by atomic mass is 9.83. The quantitative estimate of drug-likeness (QED) is 0.609. The molecule has 0 amide bonds.